The molecule has 13 heavy (non-hydrogen) atoms. The molecule has 0 aromatic rings. The molecular weight excluding hydrogens is 178 g/mol. The molecule has 1 saturated heterocycles. The van der Waals surface area contributed by atoms with E-state index in [1.54, 1.807) is 0 Å². The Balaban J connectivity index is 2.95. The van der Waals surface area contributed by atoms with Crippen molar-refractivity contribution in [3.8, 4) is 0 Å². The van der Waals surface area contributed by atoms with Crippen LogP contribution in [0.15, 0.2) is 5.11 Å². The predicted octanol–water partition coefficient (Wildman–Crippen LogP) is -0.874. The fourth-order valence-electron chi connectivity index (χ4n) is 1.31. The number of rotatable bonds is 2. The first-order valence-electron chi connectivity index (χ1n) is 3.78. The summed E-state index contributed by atoms with van der Waals surface area (Å²) in [5.41, 5.74) is 6.45. The molecule has 3 N–H and O–H groups in total. The topological polar surface area (TPSA) is 119 Å². The number of nitrogens with zero attached hydrogens (tertiary/aromatic N) is 3. The van der Waals surface area contributed by atoms with Crippen LogP contribution in [0, 0.1) is 0 Å². The Morgan fingerprint density at radius 3 is 2.54 bits per heavy atom. The molecule has 0 aromatic carbocycles. The fourth-order valence-corrected chi connectivity index (χ4v) is 1.31. The predicted molar refractivity (Wildman–Crippen MR) is 41.5 cm³/mol. The maximum absolute atomic E-state index is 9.41. The lowest BCUT2D eigenvalue weighted by atomic mass is 10.0. The first kappa shape index (κ1) is 10.2. The van der Waals surface area contributed by atoms with Gasteiger partial charge in [0.2, 0.25) is 0 Å². The quantitative estimate of drug-likeness (QED) is 0.297. The van der Waals surface area contributed by atoms with Crippen molar-refractivity contribution in [1.82, 2.24) is 0 Å². The number of ether oxygens (including phenoxy) is 1. The van der Waals surface area contributed by atoms with Crippen molar-refractivity contribution in [3.63, 3.8) is 0 Å². The summed E-state index contributed by atoms with van der Waals surface area (Å²) >= 11 is 0. The monoisotopic (exact) mass is 189 g/mol. The first-order chi connectivity index (χ1) is 6.07. The summed E-state index contributed by atoms with van der Waals surface area (Å²) in [5, 5.41) is 30.7. The molecule has 1 rings (SSSR count). The Morgan fingerprint density at radius 1 is 1.62 bits per heavy atom. The van der Waals surface area contributed by atoms with Gasteiger partial charge in [-0.25, -0.2) is 0 Å². The van der Waals surface area contributed by atoms with Gasteiger partial charge in [-0.2, -0.15) is 0 Å². The van der Waals surface area contributed by atoms with Gasteiger partial charge in [-0.1, -0.05) is 5.11 Å². The van der Waals surface area contributed by atoms with Gasteiger partial charge in [-0.3, -0.25) is 0 Å². The Bertz CT molecular complexity index is 242. The normalized spacial score (nSPS) is 44.5. The second kappa shape index (κ2) is 3.49. The van der Waals surface area contributed by atoms with Crippen molar-refractivity contribution >= 4 is 0 Å². The van der Waals surface area contributed by atoms with Gasteiger partial charge in [0, 0.05) is 4.91 Å². The SMILES string of the molecule is CC1O[C@@](CO)(N=[N+]=[N-])[C@@H](O)[C@@H]1O. The summed E-state index contributed by atoms with van der Waals surface area (Å²) in [7, 11) is 0. The molecule has 1 aliphatic heterocycles. The second-order valence-corrected chi connectivity index (χ2v) is 2.95. The molecule has 0 spiro atoms. The Morgan fingerprint density at radius 2 is 2.23 bits per heavy atom. The smallest absolute Gasteiger partial charge is 0.198 e. The summed E-state index contributed by atoms with van der Waals surface area (Å²) in [4.78, 5) is 2.45. The number of aliphatic hydroxyl groups is 3. The van der Waals surface area contributed by atoms with Crippen LogP contribution in [-0.2, 0) is 4.74 Å². The molecule has 74 valence electrons. The van der Waals surface area contributed by atoms with E-state index in [9.17, 15) is 10.2 Å². The molecule has 0 amide bonds. The average molecular weight is 189 g/mol. The number of hydrogen-bond acceptors (Lipinski definition) is 5. The summed E-state index contributed by atoms with van der Waals surface area (Å²) in [6, 6.07) is 0. The van der Waals surface area contributed by atoms with Crippen LogP contribution in [0.25, 0.3) is 10.4 Å². The maximum atomic E-state index is 9.41. The largest absolute Gasteiger partial charge is 0.393 e. The first-order valence-corrected chi connectivity index (χ1v) is 3.78. The Kier molecular flexibility index (Phi) is 2.74. The molecular formula is C6H11N3O4. The minimum absolute atomic E-state index is 0.667. The van der Waals surface area contributed by atoms with Crippen molar-refractivity contribution < 1.29 is 20.1 Å². The van der Waals surface area contributed by atoms with E-state index < -0.39 is 30.6 Å². The summed E-state index contributed by atoms with van der Waals surface area (Å²) in [5.74, 6) is 0. The van der Waals surface area contributed by atoms with Crippen LogP contribution in [0.3, 0.4) is 0 Å². The third-order valence-corrected chi connectivity index (χ3v) is 2.10. The molecule has 1 unspecified atom stereocenters. The van der Waals surface area contributed by atoms with Gasteiger partial charge in [0.25, 0.3) is 0 Å². The minimum atomic E-state index is -1.74. The molecule has 1 heterocycles. The van der Waals surface area contributed by atoms with E-state index in [0.717, 1.165) is 0 Å². The Labute approximate surface area is 74.2 Å². The van der Waals surface area contributed by atoms with Gasteiger partial charge in [0.15, 0.2) is 5.72 Å². The summed E-state index contributed by atoms with van der Waals surface area (Å²) < 4.78 is 4.99. The highest BCUT2D eigenvalue weighted by Crippen LogP contribution is 2.32. The molecule has 0 aromatic heterocycles. The van der Waals surface area contributed by atoms with E-state index in [1.807, 2.05) is 0 Å². The van der Waals surface area contributed by atoms with Gasteiger partial charge in [-0.05, 0) is 12.5 Å². The zero-order valence-electron chi connectivity index (χ0n) is 7.03. The van der Waals surface area contributed by atoms with Crippen LogP contribution in [0.1, 0.15) is 6.92 Å². The standard InChI is InChI=1S/C6H11N3O4/c1-3-4(11)5(12)6(2-10,13-3)8-9-7/h3-5,10-12H,2H2,1H3/t3?,4-,5+,6-/m1/s1. The summed E-state index contributed by atoms with van der Waals surface area (Å²) in [6.45, 7) is 0.845. The molecule has 4 atom stereocenters. The van der Waals surface area contributed by atoms with Gasteiger partial charge in [-0.15, -0.1) is 0 Å². The number of azide groups is 1. The van der Waals surface area contributed by atoms with Crippen LogP contribution in [0.4, 0.5) is 0 Å². The van der Waals surface area contributed by atoms with E-state index in [2.05, 4.69) is 10.0 Å². The zero-order chi connectivity index (χ0) is 10.1. The molecule has 0 aliphatic carbocycles. The molecule has 1 aliphatic rings. The lowest BCUT2D eigenvalue weighted by Gasteiger charge is -2.23. The minimum Gasteiger partial charge on any atom is -0.393 e. The van der Waals surface area contributed by atoms with Gasteiger partial charge >= 0.3 is 0 Å². The average Bonchev–Trinajstić information content (AvgIpc) is 2.32. The summed E-state index contributed by atoms with van der Waals surface area (Å²) in [6.07, 6.45) is -3.23. The van der Waals surface area contributed by atoms with E-state index >= 15 is 0 Å². The fraction of sp³-hybridized carbons (Fsp3) is 1.00. The highest BCUT2D eigenvalue weighted by molar-refractivity contribution is 4.99. The number of hydrogen-bond donors (Lipinski definition) is 3. The van der Waals surface area contributed by atoms with E-state index in [-0.39, 0.29) is 0 Å². The third-order valence-electron chi connectivity index (χ3n) is 2.10. The van der Waals surface area contributed by atoms with Crippen molar-refractivity contribution in [2.45, 2.75) is 31.0 Å². The lowest BCUT2D eigenvalue weighted by Crippen LogP contribution is -2.44. The maximum Gasteiger partial charge on any atom is 0.198 e. The molecule has 7 nitrogen and oxygen atoms in total. The van der Waals surface area contributed by atoms with Crippen LogP contribution in [-0.4, -0.2) is 46.0 Å². The molecule has 1 fully saturated rings. The van der Waals surface area contributed by atoms with Crippen molar-refractivity contribution in [2.75, 3.05) is 6.61 Å². The Hall–Kier alpha value is -0.850. The molecule has 0 saturated carbocycles. The van der Waals surface area contributed by atoms with Gasteiger partial charge < -0.3 is 20.1 Å². The zero-order valence-corrected chi connectivity index (χ0v) is 7.03. The van der Waals surface area contributed by atoms with Crippen molar-refractivity contribution in [2.24, 2.45) is 5.11 Å². The van der Waals surface area contributed by atoms with Crippen LogP contribution in [0.2, 0.25) is 0 Å². The van der Waals surface area contributed by atoms with E-state index in [1.165, 1.54) is 6.92 Å². The second-order valence-electron chi connectivity index (χ2n) is 2.95. The highest BCUT2D eigenvalue weighted by atomic mass is 16.6. The molecule has 0 radical (unpaired) electrons. The van der Waals surface area contributed by atoms with Crippen LogP contribution < -0.4 is 0 Å². The van der Waals surface area contributed by atoms with E-state index in [0.29, 0.717) is 0 Å². The third kappa shape index (κ3) is 1.48. The highest BCUT2D eigenvalue weighted by Gasteiger charge is 2.52. The molecule has 0 bridgehead atoms. The van der Waals surface area contributed by atoms with Gasteiger partial charge in [0.05, 0.1) is 12.7 Å². The van der Waals surface area contributed by atoms with Gasteiger partial charge in [0.1, 0.15) is 12.2 Å². The van der Waals surface area contributed by atoms with Crippen molar-refractivity contribution in [1.29, 1.82) is 0 Å². The van der Waals surface area contributed by atoms with E-state index in [4.69, 9.17) is 15.4 Å². The molecule has 7 heteroatoms. The van der Waals surface area contributed by atoms with Crippen LogP contribution >= 0.6 is 0 Å². The van der Waals surface area contributed by atoms with Crippen molar-refractivity contribution in [3.05, 3.63) is 10.4 Å². The van der Waals surface area contributed by atoms with Crippen LogP contribution in [0.5, 0.6) is 0 Å². The lowest BCUT2D eigenvalue weighted by molar-refractivity contribution is -0.103. The number of aliphatic hydroxyl groups excluding tert-OH is 3.